The molecule has 3 unspecified atom stereocenters. The Labute approximate surface area is 132 Å². The standard InChI is InChI=1S/C17H26N2O3/c1-17(2,3)11-19-13-10-22-14(15(13)20)9-18-16(21)12-7-5-4-6-8-12/h4-8,13-15,19-20H,9-11H2,1-3H3,(H,18,21). The third-order valence-corrected chi connectivity index (χ3v) is 3.68. The Morgan fingerprint density at radius 2 is 2.00 bits per heavy atom. The number of aliphatic hydroxyl groups excluding tert-OH is 1. The lowest BCUT2D eigenvalue weighted by Gasteiger charge is -2.24. The van der Waals surface area contributed by atoms with Crippen molar-refractivity contribution in [2.75, 3.05) is 19.7 Å². The number of carbonyl (C=O) groups is 1. The Morgan fingerprint density at radius 1 is 1.32 bits per heavy atom. The molecule has 1 aromatic rings. The quantitative estimate of drug-likeness (QED) is 0.764. The molecule has 1 aliphatic heterocycles. The van der Waals surface area contributed by atoms with Crippen molar-refractivity contribution in [3.63, 3.8) is 0 Å². The van der Waals surface area contributed by atoms with Gasteiger partial charge in [0.15, 0.2) is 0 Å². The van der Waals surface area contributed by atoms with Crippen molar-refractivity contribution in [2.45, 2.75) is 39.0 Å². The van der Waals surface area contributed by atoms with Gasteiger partial charge in [0.25, 0.3) is 5.91 Å². The number of amides is 1. The first kappa shape index (κ1) is 16.9. The third kappa shape index (κ3) is 4.80. The summed E-state index contributed by atoms with van der Waals surface area (Å²) < 4.78 is 5.60. The van der Waals surface area contributed by atoms with Gasteiger partial charge in [0.1, 0.15) is 6.10 Å². The fourth-order valence-electron chi connectivity index (χ4n) is 2.37. The van der Waals surface area contributed by atoms with Crippen molar-refractivity contribution in [2.24, 2.45) is 5.41 Å². The Bertz CT molecular complexity index is 484. The molecule has 1 heterocycles. The van der Waals surface area contributed by atoms with Crippen LogP contribution in [0.1, 0.15) is 31.1 Å². The van der Waals surface area contributed by atoms with Crippen LogP contribution in [0.15, 0.2) is 30.3 Å². The Morgan fingerprint density at radius 3 is 2.64 bits per heavy atom. The van der Waals surface area contributed by atoms with Gasteiger partial charge in [0.2, 0.25) is 0 Å². The van der Waals surface area contributed by atoms with Gasteiger partial charge < -0.3 is 20.5 Å². The number of hydrogen-bond acceptors (Lipinski definition) is 4. The Hall–Kier alpha value is -1.43. The maximum atomic E-state index is 12.0. The summed E-state index contributed by atoms with van der Waals surface area (Å²) in [5, 5.41) is 16.4. The summed E-state index contributed by atoms with van der Waals surface area (Å²) >= 11 is 0. The van der Waals surface area contributed by atoms with Crippen LogP contribution >= 0.6 is 0 Å². The smallest absolute Gasteiger partial charge is 0.251 e. The predicted molar refractivity (Wildman–Crippen MR) is 85.8 cm³/mol. The average molecular weight is 306 g/mol. The SMILES string of the molecule is CC(C)(C)CNC1COC(CNC(=O)c2ccccc2)C1O. The second-order valence-corrected chi connectivity index (χ2v) is 6.99. The van der Waals surface area contributed by atoms with Crippen molar-refractivity contribution < 1.29 is 14.6 Å². The van der Waals surface area contributed by atoms with Crippen molar-refractivity contribution >= 4 is 5.91 Å². The maximum Gasteiger partial charge on any atom is 0.251 e. The highest BCUT2D eigenvalue weighted by molar-refractivity contribution is 5.94. The molecule has 0 spiro atoms. The lowest BCUT2D eigenvalue weighted by molar-refractivity contribution is 0.0397. The largest absolute Gasteiger partial charge is 0.389 e. The van der Waals surface area contributed by atoms with E-state index in [0.717, 1.165) is 6.54 Å². The molecule has 0 aliphatic carbocycles. The van der Waals surface area contributed by atoms with Crippen LogP contribution in [0.3, 0.4) is 0 Å². The average Bonchev–Trinajstić information content (AvgIpc) is 2.83. The van der Waals surface area contributed by atoms with E-state index in [-0.39, 0.29) is 23.5 Å². The minimum Gasteiger partial charge on any atom is -0.389 e. The first-order valence-electron chi connectivity index (χ1n) is 7.73. The van der Waals surface area contributed by atoms with Crippen LogP contribution in [0.25, 0.3) is 0 Å². The van der Waals surface area contributed by atoms with Gasteiger partial charge in [-0.15, -0.1) is 0 Å². The molecular formula is C17H26N2O3. The van der Waals surface area contributed by atoms with Gasteiger partial charge in [0.05, 0.1) is 18.8 Å². The summed E-state index contributed by atoms with van der Waals surface area (Å²) in [6.07, 6.45) is -0.983. The lowest BCUT2D eigenvalue weighted by Crippen LogP contribution is -2.46. The molecule has 1 saturated heterocycles. The molecule has 3 N–H and O–H groups in total. The van der Waals surface area contributed by atoms with Crippen LogP contribution in [0.2, 0.25) is 0 Å². The van der Waals surface area contributed by atoms with E-state index in [1.165, 1.54) is 0 Å². The van der Waals surface area contributed by atoms with Gasteiger partial charge in [0, 0.05) is 18.7 Å². The highest BCUT2D eigenvalue weighted by atomic mass is 16.5. The Balaban J connectivity index is 1.79. The molecule has 0 aromatic heterocycles. The normalized spacial score (nSPS) is 25.2. The first-order valence-corrected chi connectivity index (χ1v) is 7.73. The fourth-order valence-corrected chi connectivity index (χ4v) is 2.37. The number of ether oxygens (including phenoxy) is 1. The summed E-state index contributed by atoms with van der Waals surface area (Å²) in [4.78, 5) is 12.0. The summed E-state index contributed by atoms with van der Waals surface area (Å²) in [7, 11) is 0. The number of carbonyl (C=O) groups excluding carboxylic acids is 1. The molecule has 5 nitrogen and oxygen atoms in total. The molecule has 1 aliphatic rings. The van der Waals surface area contributed by atoms with Gasteiger partial charge in [-0.05, 0) is 17.5 Å². The molecule has 22 heavy (non-hydrogen) atoms. The fraction of sp³-hybridized carbons (Fsp3) is 0.588. The van der Waals surface area contributed by atoms with E-state index in [4.69, 9.17) is 4.74 Å². The van der Waals surface area contributed by atoms with Crippen LogP contribution in [0, 0.1) is 5.41 Å². The molecule has 122 valence electrons. The summed E-state index contributed by atoms with van der Waals surface area (Å²) in [6, 6.07) is 8.94. The zero-order valence-corrected chi connectivity index (χ0v) is 13.5. The van der Waals surface area contributed by atoms with Crippen LogP contribution in [0.4, 0.5) is 0 Å². The molecular weight excluding hydrogens is 280 g/mol. The molecule has 5 heteroatoms. The number of rotatable bonds is 5. The number of hydrogen-bond donors (Lipinski definition) is 3. The van der Waals surface area contributed by atoms with Crippen molar-refractivity contribution in [3.8, 4) is 0 Å². The number of aliphatic hydroxyl groups is 1. The van der Waals surface area contributed by atoms with Crippen LogP contribution < -0.4 is 10.6 Å². The van der Waals surface area contributed by atoms with Crippen molar-refractivity contribution in [1.29, 1.82) is 0 Å². The van der Waals surface area contributed by atoms with Crippen LogP contribution in [-0.4, -0.2) is 49.0 Å². The van der Waals surface area contributed by atoms with Crippen molar-refractivity contribution in [3.05, 3.63) is 35.9 Å². The van der Waals surface area contributed by atoms with E-state index >= 15 is 0 Å². The second kappa shape index (κ2) is 7.22. The van der Waals surface area contributed by atoms with Gasteiger partial charge in [-0.2, -0.15) is 0 Å². The van der Waals surface area contributed by atoms with Gasteiger partial charge >= 0.3 is 0 Å². The van der Waals surface area contributed by atoms with Gasteiger partial charge in [-0.25, -0.2) is 0 Å². The van der Waals surface area contributed by atoms with E-state index in [9.17, 15) is 9.90 Å². The third-order valence-electron chi connectivity index (χ3n) is 3.68. The number of nitrogens with one attached hydrogen (secondary N) is 2. The first-order chi connectivity index (χ1) is 10.4. The zero-order valence-electron chi connectivity index (χ0n) is 13.5. The highest BCUT2D eigenvalue weighted by Crippen LogP contribution is 2.17. The number of benzene rings is 1. The van der Waals surface area contributed by atoms with Crippen LogP contribution in [0.5, 0.6) is 0 Å². The second-order valence-electron chi connectivity index (χ2n) is 6.99. The van der Waals surface area contributed by atoms with E-state index in [2.05, 4.69) is 31.4 Å². The van der Waals surface area contributed by atoms with E-state index in [0.29, 0.717) is 18.7 Å². The zero-order chi connectivity index (χ0) is 16.2. The molecule has 0 saturated carbocycles. The molecule has 1 amide bonds. The highest BCUT2D eigenvalue weighted by Gasteiger charge is 2.36. The lowest BCUT2D eigenvalue weighted by atomic mass is 9.96. The van der Waals surface area contributed by atoms with Crippen LogP contribution in [-0.2, 0) is 4.74 Å². The topological polar surface area (TPSA) is 70.6 Å². The van der Waals surface area contributed by atoms with Gasteiger partial charge in [-0.3, -0.25) is 4.79 Å². The molecule has 0 radical (unpaired) electrons. The van der Waals surface area contributed by atoms with Gasteiger partial charge in [-0.1, -0.05) is 39.0 Å². The Kier molecular flexibility index (Phi) is 5.56. The predicted octanol–water partition coefficient (Wildman–Crippen LogP) is 1.18. The molecule has 2 rings (SSSR count). The van der Waals surface area contributed by atoms with E-state index in [1.54, 1.807) is 12.1 Å². The monoisotopic (exact) mass is 306 g/mol. The van der Waals surface area contributed by atoms with E-state index in [1.807, 2.05) is 18.2 Å². The summed E-state index contributed by atoms with van der Waals surface area (Å²) in [6.45, 7) is 7.99. The maximum absolute atomic E-state index is 12.0. The van der Waals surface area contributed by atoms with Crippen molar-refractivity contribution in [1.82, 2.24) is 10.6 Å². The summed E-state index contributed by atoms with van der Waals surface area (Å²) in [5.41, 5.74) is 0.761. The minimum atomic E-state index is -0.613. The summed E-state index contributed by atoms with van der Waals surface area (Å²) in [5.74, 6) is -0.150. The van der Waals surface area contributed by atoms with E-state index < -0.39 is 6.10 Å². The molecule has 0 bridgehead atoms. The minimum absolute atomic E-state index is 0.0853. The molecule has 1 fully saturated rings. The molecule has 1 aromatic carbocycles. The molecule has 3 atom stereocenters.